The van der Waals surface area contributed by atoms with Gasteiger partial charge in [-0.3, -0.25) is 4.79 Å². The lowest BCUT2D eigenvalue weighted by molar-refractivity contribution is 0.0999. The average molecular weight is 458 g/mol. The molecule has 1 unspecified atom stereocenters. The minimum atomic E-state index is -1.51. The van der Waals surface area contributed by atoms with E-state index in [-0.39, 0.29) is 6.04 Å². The van der Waals surface area contributed by atoms with Gasteiger partial charge in [0.2, 0.25) is 11.9 Å². The highest BCUT2D eigenvalue weighted by molar-refractivity contribution is 6.58. The zero-order valence-corrected chi connectivity index (χ0v) is 19.0. The maximum atomic E-state index is 12.0. The molecule has 3 aromatic rings. The van der Waals surface area contributed by atoms with E-state index < -0.39 is 13.0 Å². The van der Waals surface area contributed by atoms with Crippen molar-refractivity contribution in [2.75, 3.05) is 16.8 Å². The van der Waals surface area contributed by atoms with Crippen LogP contribution >= 0.6 is 0 Å². The van der Waals surface area contributed by atoms with Crippen LogP contribution in [0.15, 0.2) is 42.5 Å². The molecule has 1 atom stereocenters. The molecular formula is C24H27BN6O3. The van der Waals surface area contributed by atoms with E-state index in [1.807, 2.05) is 18.2 Å². The highest BCUT2D eigenvalue weighted by atomic mass is 16.4. The van der Waals surface area contributed by atoms with E-state index in [1.54, 1.807) is 24.3 Å². The van der Waals surface area contributed by atoms with E-state index in [0.717, 1.165) is 46.9 Å². The molecule has 0 aliphatic carbocycles. The van der Waals surface area contributed by atoms with Crippen LogP contribution < -0.4 is 26.7 Å². The van der Waals surface area contributed by atoms with Gasteiger partial charge >= 0.3 is 7.12 Å². The van der Waals surface area contributed by atoms with E-state index in [2.05, 4.69) is 22.5 Å². The van der Waals surface area contributed by atoms with Crippen molar-refractivity contribution < 1.29 is 14.8 Å². The molecule has 0 spiro atoms. The number of hydrogen-bond donors (Lipinski definition) is 5. The maximum Gasteiger partial charge on any atom is 0.488 e. The topological polar surface area (TPSA) is 137 Å². The Morgan fingerprint density at radius 3 is 2.85 bits per heavy atom. The summed E-state index contributed by atoms with van der Waals surface area (Å²) in [6, 6.07) is 12.8. The van der Waals surface area contributed by atoms with Gasteiger partial charge in [-0.1, -0.05) is 30.3 Å². The first-order valence-corrected chi connectivity index (χ1v) is 11.4. The summed E-state index contributed by atoms with van der Waals surface area (Å²) in [5, 5.41) is 25.8. The average Bonchev–Trinajstić information content (AvgIpc) is 3.18. The second kappa shape index (κ2) is 9.05. The SMILES string of the molecule is CC1Cc2c(C(N)=O)cccc2N1c1nc2c(c(NCc3cccc(B(O)O)c3)n1)CCNC2. The lowest BCUT2D eigenvalue weighted by Crippen LogP contribution is -2.31. The molecule has 1 aromatic heterocycles. The number of aromatic nitrogens is 2. The first-order valence-electron chi connectivity index (χ1n) is 11.4. The largest absolute Gasteiger partial charge is 0.488 e. The number of nitrogens with zero attached hydrogens (tertiary/aromatic N) is 3. The van der Waals surface area contributed by atoms with Crippen LogP contribution in [0.25, 0.3) is 0 Å². The van der Waals surface area contributed by atoms with E-state index in [0.29, 0.717) is 36.5 Å². The number of fused-ring (bicyclic) bond motifs is 2. The van der Waals surface area contributed by atoms with Gasteiger partial charge in [-0.2, -0.15) is 4.98 Å². The molecule has 2 aliphatic heterocycles. The highest BCUT2D eigenvalue weighted by Gasteiger charge is 2.33. The summed E-state index contributed by atoms with van der Waals surface area (Å²) in [5.74, 6) is 0.916. The lowest BCUT2D eigenvalue weighted by Gasteiger charge is -2.27. The number of primary amides is 1. The van der Waals surface area contributed by atoms with Crippen molar-refractivity contribution in [2.45, 2.75) is 38.9 Å². The Labute approximate surface area is 198 Å². The first-order chi connectivity index (χ1) is 16.4. The van der Waals surface area contributed by atoms with Gasteiger partial charge in [0.1, 0.15) is 5.82 Å². The maximum absolute atomic E-state index is 12.0. The fourth-order valence-corrected chi connectivity index (χ4v) is 4.82. The number of rotatable bonds is 6. The van der Waals surface area contributed by atoms with Crippen molar-refractivity contribution in [2.24, 2.45) is 5.73 Å². The second-order valence-electron chi connectivity index (χ2n) is 8.79. The number of carbonyl (C=O) groups is 1. The third-order valence-electron chi connectivity index (χ3n) is 6.47. The standard InChI is InChI=1S/C24H27BN6O3/c1-14-10-19-17(22(26)32)6-3-7-21(19)31(14)24-29-20-13-27-9-8-18(20)23(30-24)28-12-15-4-2-5-16(11-15)25(33)34/h2-7,11,14,27,33-34H,8-10,12-13H2,1H3,(H2,26,32)(H,28,29,30). The van der Waals surface area contributed by atoms with Crippen LogP contribution in [-0.2, 0) is 25.9 Å². The van der Waals surface area contributed by atoms with Crippen LogP contribution in [0.5, 0.6) is 0 Å². The highest BCUT2D eigenvalue weighted by Crippen LogP contribution is 2.39. The molecule has 0 radical (unpaired) electrons. The van der Waals surface area contributed by atoms with Gasteiger partial charge < -0.3 is 31.3 Å². The zero-order valence-electron chi connectivity index (χ0n) is 19.0. The van der Waals surface area contributed by atoms with Gasteiger partial charge in [-0.25, -0.2) is 4.98 Å². The monoisotopic (exact) mass is 458 g/mol. The van der Waals surface area contributed by atoms with Gasteiger partial charge in [0.05, 0.1) is 5.69 Å². The molecule has 1 amide bonds. The summed E-state index contributed by atoms with van der Waals surface area (Å²) >= 11 is 0. The summed E-state index contributed by atoms with van der Waals surface area (Å²) in [7, 11) is -1.51. The van der Waals surface area contributed by atoms with Crippen molar-refractivity contribution >= 4 is 35.9 Å². The van der Waals surface area contributed by atoms with Crippen molar-refractivity contribution in [3.63, 3.8) is 0 Å². The summed E-state index contributed by atoms with van der Waals surface area (Å²) in [4.78, 5) is 23.9. The lowest BCUT2D eigenvalue weighted by atomic mass is 9.79. The van der Waals surface area contributed by atoms with Gasteiger partial charge in [-0.15, -0.1) is 0 Å². The zero-order chi connectivity index (χ0) is 23.8. The first kappa shape index (κ1) is 22.3. The van der Waals surface area contributed by atoms with Crippen molar-refractivity contribution in [1.29, 1.82) is 0 Å². The summed E-state index contributed by atoms with van der Waals surface area (Å²) in [6.07, 6.45) is 1.50. The number of nitrogens with two attached hydrogens (primary N) is 1. The molecular weight excluding hydrogens is 431 g/mol. The van der Waals surface area contributed by atoms with E-state index in [9.17, 15) is 14.8 Å². The molecule has 5 rings (SSSR count). The van der Waals surface area contributed by atoms with Crippen LogP contribution in [0.2, 0.25) is 0 Å². The number of nitrogens with one attached hydrogen (secondary N) is 2. The number of anilines is 3. The summed E-state index contributed by atoms with van der Waals surface area (Å²) in [6.45, 7) is 4.07. The van der Waals surface area contributed by atoms with Crippen molar-refractivity contribution in [1.82, 2.24) is 15.3 Å². The molecule has 6 N–H and O–H groups in total. The fraction of sp³-hybridized carbons (Fsp3) is 0.292. The molecule has 0 saturated heterocycles. The predicted molar refractivity (Wildman–Crippen MR) is 131 cm³/mol. The third kappa shape index (κ3) is 4.11. The van der Waals surface area contributed by atoms with Gasteiger partial charge in [-0.05, 0) is 55.0 Å². The number of benzene rings is 2. The Bertz CT molecular complexity index is 1250. The minimum Gasteiger partial charge on any atom is -0.423 e. The Kier molecular flexibility index (Phi) is 5.95. The van der Waals surface area contributed by atoms with Crippen LogP contribution in [-0.4, -0.2) is 45.6 Å². The van der Waals surface area contributed by atoms with E-state index in [4.69, 9.17) is 15.7 Å². The van der Waals surface area contributed by atoms with Crippen LogP contribution in [0.3, 0.4) is 0 Å². The Morgan fingerprint density at radius 2 is 2.06 bits per heavy atom. The predicted octanol–water partition coefficient (Wildman–Crippen LogP) is 0.596. The van der Waals surface area contributed by atoms with Crippen LogP contribution in [0.1, 0.15) is 39.7 Å². The quantitative estimate of drug-likeness (QED) is 0.339. The molecule has 0 bridgehead atoms. The summed E-state index contributed by atoms with van der Waals surface area (Å²) < 4.78 is 0. The molecule has 0 saturated carbocycles. The van der Waals surface area contributed by atoms with Gasteiger partial charge in [0, 0.05) is 35.9 Å². The molecule has 10 heteroatoms. The van der Waals surface area contributed by atoms with Crippen molar-refractivity contribution in [3.05, 3.63) is 70.4 Å². The fourth-order valence-electron chi connectivity index (χ4n) is 4.82. The smallest absolute Gasteiger partial charge is 0.423 e. The minimum absolute atomic E-state index is 0.0701. The number of hydrogen-bond acceptors (Lipinski definition) is 8. The third-order valence-corrected chi connectivity index (χ3v) is 6.47. The van der Waals surface area contributed by atoms with Gasteiger partial charge in [0.25, 0.3) is 0 Å². The molecule has 3 heterocycles. The molecule has 34 heavy (non-hydrogen) atoms. The second-order valence-corrected chi connectivity index (χ2v) is 8.79. The molecule has 2 aliphatic rings. The summed E-state index contributed by atoms with van der Waals surface area (Å²) in [5.41, 5.74) is 11.4. The number of amides is 1. The van der Waals surface area contributed by atoms with Gasteiger partial charge in [0.15, 0.2) is 0 Å². The van der Waals surface area contributed by atoms with E-state index >= 15 is 0 Å². The molecule has 2 aromatic carbocycles. The molecule has 174 valence electrons. The molecule has 0 fully saturated rings. The normalized spacial score (nSPS) is 16.7. The van der Waals surface area contributed by atoms with Crippen LogP contribution in [0, 0.1) is 0 Å². The number of carbonyl (C=O) groups excluding carboxylic acids is 1. The van der Waals surface area contributed by atoms with Crippen LogP contribution in [0.4, 0.5) is 17.5 Å². The Morgan fingerprint density at radius 1 is 1.24 bits per heavy atom. The Balaban J connectivity index is 1.51. The Hall–Kier alpha value is -3.47. The van der Waals surface area contributed by atoms with E-state index in [1.165, 1.54) is 0 Å². The van der Waals surface area contributed by atoms with Crippen molar-refractivity contribution in [3.8, 4) is 0 Å². The molecule has 9 nitrogen and oxygen atoms in total.